The number of nitrogens with zero attached hydrogens (tertiary/aromatic N) is 3. The van der Waals surface area contributed by atoms with Gasteiger partial charge < -0.3 is 14.6 Å². The van der Waals surface area contributed by atoms with Gasteiger partial charge in [-0.25, -0.2) is 0 Å². The van der Waals surface area contributed by atoms with Crippen molar-refractivity contribution in [3.8, 4) is 5.75 Å². The van der Waals surface area contributed by atoms with Crippen LogP contribution in [0.3, 0.4) is 0 Å². The van der Waals surface area contributed by atoms with Crippen molar-refractivity contribution in [1.82, 2.24) is 14.8 Å². The van der Waals surface area contributed by atoms with Crippen LogP contribution < -0.4 is 10.1 Å². The molecule has 0 saturated carbocycles. The van der Waals surface area contributed by atoms with Gasteiger partial charge in [0.2, 0.25) is 5.91 Å². The molecule has 0 bridgehead atoms. The van der Waals surface area contributed by atoms with Crippen LogP contribution in [0.1, 0.15) is 17.0 Å². The molecule has 0 spiro atoms. The maximum Gasteiger partial charge on any atom is 0.234 e. The van der Waals surface area contributed by atoms with E-state index in [1.165, 1.54) is 11.8 Å². The quantitative estimate of drug-likeness (QED) is 0.330. The molecule has 0 radical (unpaired) electrons. The fourth-order valence-electron chi connectivity index (χ4n) is 3.35. The molecular weight excluding hydrogens is 456 g/mol. The summed E-state index contributed by atoms with van der Waals surface area (Å²) in [5.74, 6) is 1.40. The number of ether oxygens (including phenoxy) is 1. The molecule has 3 aromatic carbocycles. The van der Waals surface area contributed by atoms with Crippen molar-refractivity contribution in [2.45, 2.75) is 18.1 Å². The number of anilines is 1. The highest BCUT2D eigenvalue weighted by molar-refractivity contribution is 7.99. The number of rotatable bonds is 9. The molecule has 0 aliphatic heterocycles. The number of carbonyl (C=O) groups excluding carboxylic acids is 1. The minimum Gasteiger partial charge on any atom is -0.495 e. The van der Waals surface area contributed by atoms with Crippen LogP contribution >= 0.6 is 23.4 Å². The largest absolute Gasteiger partial charge is 0.495 e. The van der Waals surface area contributed by atoms with Gasteiger partial charge >= 0.3 is 0 Å². The van der Waals surface area contributed by atoms with Gasteiger partial charge in [-0.3, -0.25) is 4.79 Å². The maximum absolute atomic E-state index is 12.6. The van der Waals surface area contributed by atoms with E-state index in [2.05, 4.69) is 44.3 Å². The lowest BCUT2D eigenvalue weighted by atomic mass is 10.1. The van der Waals surface area contributed by atoms with Gasteiger partial charge in [0.1, 0.15) is 11.6 Å². The molecule has 0 aliphatic carbocycles. The number of thioether (sulfide) groups is 1. The maximum atomic E-state index is 12.6. The van der Waals surface area contributed by atoms with E-state index in [0.29, 0.717) is 34.6 Å². The molecule has 33 heavy (non-hydrogen) atoms. The third-order valence-electron chi connectivity index (χ3n) is 4.95. The summed E-state index contributed by atoms with van der Waals surface area (Å²) in [6, 6.07) is 25.4. The van der Waals surface area contributed by atoms with Crippen molar-refractivity contribution in [3.05, 3.63) is 101 Å². The van der Waals surface area contributed by atoms with Gasteiger partial charge in [0, 0.05) is 11.4 Å². The highest BCUT2D eigenvalue weighted by Gasteiger charge is 2.16. The van der Waals surface area contributed by atoms with Crippen molar-refractivity contribution in [2.75, 3.05) is 18.2 Å². The second kappa shape index (κ2) is 11.0. The van der Waals surface area contributed by atoms with Crippen molar-refractivity contribution in [3.63, 3.8) is 0 Å². The summed E-state index contributed by atoms with van der Waals surface area (Å²) in [5.41, 5.74) is 2.83. The molecule has 1 amide bonds. The number of methoxy groups -OCH3 is 1. The van der Waals surface area contributed by atoms with Crippen LogP contribution in [0.4, 0.5) is 5.69 Å². The number of aromatic nitrogens is 3. The van der Waals surface area contributed by atoms with E-state index in [1.807, 2.05) is 36.4 Å². The first-order valence-corrected chi connectivity index (χ1v) is 11.7. The van der Waals surface area contributed by atoms with Crippen LogP contribution in [0.5, 0.6) is 5.75 Å². The highest BCUT2D eigenvalue weighted by Crippen LogP contribution is 2.28. The number of amides is 1. The molecule has 8 heteroatoms. The number of carbonyl (C=O) groups is 1. The summed E-state index contributed by atoms with van der Waals surface area (Å²) < 4.78 is 7.37. The summed E-state index contributed by atoms with van der Waals surface area (Å²) in [7, 11) is 1.55. The molecule has 1 N–H and O–H groups in total. The Morgan fingerprint density at radius 2 is 1.70 bits per heavy atom. The normalized spacial score (nSPS) is 10.7. The first kappa shape index (κ1) is 22.9. The highest BCUT2D eigenvalue weighted by atomic mass is 35.5. The third-order valence-corrected chi connectivity index (χ3v) is 6.15. The van der Waals surface area contributed by atoms with Crippen molar-refractivity contribution in [1.29, 1.82) is 0 Å². The Balaban J connectivity index is 1.50. The number of hydrogen-bond acceptors (Lipinski definition) is 5. The Hall–Kier alpha value is -3.29. The standard InChI is InChI=1S/C25H23ClN4O2S/c1-32-22-13-12-20(26)15-21(22)27-24(31)17-33-25-29-28-23(14-18-8-4-2-5-9-18)30(25)16-19-10-6-3-7-11-19/h2-13,15H,14,16-17H2,1H3,(H,27,31). The molecule has 0 saturated heterocycles. The number of benzene rings is 3. The van der Waals surface area contributed by atoms with E-state index in [4.69, 9.17) is 16.3 Å². The summed E-state index contributed by atoms with van der Waals surface area (Å²) in [4.78, 5) is 12.6. The molecule has 168 valence electrons. The zero-order chi connectivity index (χ0) is 23.0. The Morgan fingerprint density at radius 1 is 1.00 bits per heavy atom. The Bertz CT molecular complexity index is 1220. The second-order valence-corrected chi connectivity index (χ2v) is 8.69. The summed E-state index contributed by atoms with van der Waals surface area (Å²) in [6.45, 7) is 0.627. The molecule has 1 heterocycles. The van der Waals surface area contributed by atoms with Crippen molar-refractivity contribution >= 4 is 35.0 Å². The van der Waals surface area contributed by atoms with Crippen LogP contribution in [-0.4, -0.2) is 33.5 Å². The fraction of sp³-hybridized carbons (Fsp3) is 0.160. The van der Waals surface area contributed by atoms with Gasteiger partial charge in [-0.1, -0.05) is 84.0 Å². The third kappa shape index (κ3) is 6.15. The fourth-order valence-corrected chi connectivity index (χ4v) is 4.28. The van der Waals surface area contributed by atoms with E-state index in [0.717, 1.165) is 17.0 Å². The minimum atomic E-state index is -0.181. The number of halogens is 1. The van der Waals surface area contributed by atoms with Gasteiger partial charge in [0.25, 0.3) is 0 Å². The Morgan fingerprint density at radius 3 is 2.39 bits per heavy atom. The van der Waals surface area contributed by atoms with E-state index in [9.17, 15) is 4.79 Å². The lowest BCUT2D eigenvalue weighted by molar-refractivity contribution is -0.113. The van der Waals surface area contributed by atoms with Crippen LogP contribution in [-0.2, 0) is 17.8 Å². The predicted molar refractivity (Wildman–Crippen MR) is 132 cm³/mol. The molecule has 4 rings (SSSR count). The molecule has 0 fully saturated rings. The average Bonchev–Trinajstić information content (AvgIpc) is 3.20. The lowest BCUT2D eigenvalue weighted by Gasteiger charge is -2.12. The summed E-state index contributed by atoms with van der Waals surface area (Å²) in [6.07, 6.45) is 0.660. The zero-order valence-electron chi connectivity index (χ0n) is 18.1. The molecule has 0 atom stereocenters. The van der Waals surface area contributed by atoms with Crippen LogP contribution in [0.15, 0.2) is 84.0 Å². The van der Waals surface area contributed by atoms with Gasteiger partial charge in [0.05, 0.1) is 25.1 Å². The van der Waals surface area contributed by atoms with Gasteiger partial charge in [-0.05, 0) is 29.3 Å². The first-order valence-electron chi connectivity index (χ1n) is 10.4. The van der Waals surface area contributed by atoms with Crippen molar-refractivity contribution in [2.24, 2.45) is 0 Å². The van der Waals surface area contributed by atoms with Gasteiger partial charge in [0.15, 0.2) is 5.16 Å². The smallest absolute Gasteiger partial charge is 0.234 e. The lowest BCUT2D eigenvalue weighted by Crippen LogP contribution is -2.15. The Labute approximate surface area is 202 Å². The van der Waals surface area contributed by atoms with E-state index >= 15 is 0 Å². The molecular formula is C25H23ClN4O2S. The zero-order valence-corrected chi connectivity index (χ0v) is 19.6. The molecule has 0 unspecified atom stereocenters. The first-order chi connectivity index (χ1) is 16.1. The SMILES string of the molecule is COc1ccc(Cl)cc1NC(=O)CSc1nnc(Cc2ccccc2)n1Cc1ccccc1. The van der Waals surface area contributed by atoms with E-state index in [-0.39, 0.29) is 11.7 Å². The van der Waals surface area contributed by atoms with Crippen molar-refractivity contribution < 1.29 is 9.53 Å². The monoisotopic (exact) mass is 478 g/mol. The second-order valence-electron chi connectivity index (χ2n) is 7.31. The molecule has 4 aromatic rings. The van der Waals surface area contributed by atoms with Crippen LogP contribution in [0.2, 0.25) is 5.02 Å². The molecule has 1 aromatic heterocycles. The predicted octanol–water partition coefficient (Wildman–Crippen LogP) is 5.31. The summed E-state index contributed by atoms with van der Waals surface area (Å²) in [5, 5.41) is 12.9. The van der Waals surface area contributed by atoms with E-state index < -0.39 is 0 Å². The van der Waals surface area contributed by atoms with Crippen LogP contribution in [0, 0.1) is 0 Å². The number of nitrogens with one attached hydrogen (secondary N) is 1. The van der Waals surface area contributed by atoms with Gasteiger partial charge in [-0.15, -0.1) is 10.2 Å². The van der Waals surface area contributed by atoms with Crippen LogP contribution in [0.25, 0.3) is 0 Å². The minimum absolute atomic E-state index is 0.175. The molecule has 0 aliphatic rings. The van der Waals surface area contributed by atoms with Gasteiger partial charge in [-0.2, -0.15) is 0 Å². The summed E-state index contributed by atoms with van der Waals surface area (Å²) >= 11 is 7.41. The van der Waals surface area contributed by atoms with E-state index in [1.54, 1.807) is 25.3 Å². The number of hydrogen-bond donors (Lipinski definition) is 1. The Kier molecular flexibility index (Phi) is 7.65. The topological polar surface area (TPSA) is 69.0 Å². The molecule has 6 nitrogen and oxygen atoms in total. The average molecular weight is 479 g/mol.